The minimum absolute atomic E-state index is 0.0482. The Hall–Kier alpha value is -1.63. The van der Waals surface area contributed by atoms with E-state index in [1.165, 1.54) is 4.90 Å². The first-order valence-corrected chi connectivity index (χ1v) is 6.25. The number of aliphatic carboxylic acids is 2. The van der Waals surface area contributed by atoms with Gasteiger partial charge in [-0.3, -0.25) is 14.4 Å². The summed E-state index contributed by atoms with van der Waals surface area (Å²) in [4.78, 5) is 35.5. The number of carbonyl (C=O) groups is 3. The van der Waals surface area contributed by atoms with Crippen LogP contribution in [0.1, 0.15) is 20.3 Å². The van der Waals surface area contributed by atoms with Crippen molar-refractivity contribution in [1.29, 1.82) is 0 Å². The molecule has 0 spiro atoms. The molecule has 3 atom stereocenters. The molecule has 3 unspecified atom stereocenters. The van der Waals surface area contributed by atoms with Gasteiger partial charge in [-0.15, -0.1) is 0 Å². The quantitative estimate of drug-likeness (QED) is 0.640. The summed E-state index contributed by atoms with van der Waals surface area (Å²) in [7, 11) is 0. The van der Waals surface area contributed by atoms with Crippen LogP contribution >= 0.6 is 0 Å². The number of rotatable bonds is 4. The van der Waals surface area contributed by atoms with Gasteiger partial charge in [0, 0.05) is 13.1 Å². The minimum atomic E-state index is -1.19. The molecule has 1 fully saturated rings. The predicted molar refractivity (Wildman–Crippen MR) is 66.3 cm³/mol. The Kier molecular flexibility index (Phi) is 4.88. The lowest BCUT2D eigenvalue weighted by Crippen LogP contribution is -2.54. The summed E-state index contributed by atoms with van der Waals surface area (Å²) < 4.78 is 0. The van der Waals surface area contributed by atoms with Gasteiger partial charge in [0.25, 0.3) is 0 Å². The molecule has 0 bridgehead atoms. The Morgan fingerprint density at radius 3 is 2.11 bits per heavy atom. The molecule has 1 saturated heterocycles. The van der Waals surface area contributed by atoms with E-state index in [-0.39, 0.29) is 31.3 Å². The van der Waals surface area contributed by atoms with Crippen molar-refractivity contribution >= 4 is 17.8 Å². The lowest BCUT2D eigenvalue weighted by atomic mass is 9.85. The average molecular weight is 272 g/mol. The van der Waals surface area contributed by atoms with Gasteiger partial charge < -0.3 is 20.8 Å². The molecule has 0 aromatic rings. The van der Waals surface area contributed by atoms with Gasteiger partial charge in [-0.25, -0.2) is 0 Å². The molecule has 19 heavy (non-hydrogen) atoms. The van der Waals surface area contributed by atoms with Crippen LogP contribution < -0.4 is 5.73 Å². The molecule has 1 heterocycles. The zero-order valence-corrected chi connectivity index (χ0v) is 11.1. The predicted octanol–water partition coefficient (Wildman–Crippen LogP) is -0.396. The summed E-state index contributed by atoms with van der Waals surface area (Å²) in [6.45, 7) is 3.76. The van der Waals surface area contributed by atoms with Gasteiger partial charge in [-0.05, 0) is 12.3 Å². The molecule has 4 N–H and O–H groups in total. The molecular weight excluding hydrogens is 252 g/mol. The lowest BCUT2D eigenvalue weighted by Gasteiger charge is -2.36. The first-order chi connectivity index (χ1) is 8.75. The van der Waals surface area contributed by atoms with Crippen LogP contribution in [0.2, 0.25) is 0 Å². The van der Waals surface area contributed by atoms with Gasteiger partial charge in [0.1, 0.15) is 0 Å². The summed E-state index contributed by atoms with van der Waals surface area (Å²) in [5.41, 5.74) is 5.75. The second-order valence-corrected chi connectivity index (χ2v) is 5.23. The minimum Gasteiger partial charge on any atom is -0.481 e. The maximum absolute atomic E-state index is 12.0. The highest BCUT2D eigenvalue weighted by Gasteiger charge is 2.41. The largest absolute Gasteiger partial charge is 0.481 e. The van der Waals surface area contributed by atoms with Gasteiger partial charge in [0.05, 0.1) is 17.9 Å². The molecule has 108 valence electrons. The number of piperidine rings is 1. The topological polar surface area (TPSA) is 121 Å². The van der Waals surface area contributed by atoms with E-state index in [1.54, 1.807) is 13.8 Å². The molecule has 0 radical (unpaired) electrons. The van der Waals surface area contributed by atoms with Crippen molar-refractivity contribution in [2.75, 3.05) is 13.1 Å². The first kappa shape index (κ1) is 15.4. The van der Waals surface area contributed by atoms with Crippen molar-refractivity contribution in [3.63, 3.8) is 0 Å². The van der Waals surface area contributed by atoms with E-state index < -0.39 is 29.8 Å². The number of carboxylic acid groups (broad SMARTS) is 2. The Bertz CT molecular complexity index is 382. The van der Waals surface area contributed by atoms with E-state index in [2.05, 4.69) is 0 Å². The number of carbonyl (C=O) groups excluding carboxylic acids is 1. The Morgan fingerprint density at radius 1 is 1.16 bits per heavy atom. The molecule has 1 aliphatic heterocycles. The molecule has 0 aromatic heterocycles. The Labute approximate surface area is 111 Å². The monoisotopic (exact) mass is 272 g/mol. The molecular formula is C12H20N2O5. The van der Waals surface area contributed by atoms with Crippen LogP contribution in [-0.4, -0.2) is 52.1 Å². The summed E-state index contributed by atoms with van der Waals surface area (Å²) in [5.74, 6) is -4.71. The fourth-order valence-corrected chi connectivity index (χ4v) is 2.19. The highest BCUT2D eigenvalue weighted by Crippen LogP contribution is 2.25. The van der Waals surface area contributed by atoms with Gasteiger partial charge in [-0.2, -0.15) is 0 Å². The normalized spacial score (nSPS) is 25.2. The second kappa shape index (κ2) is 6.01. The Morgan fingerprint density at radius 2 is 1.68 bits per heavy atom. The van der Waals surface area contributed by atoms with Crippen molar-refractivity contribution in [3.05, 3.63) is 0 Å². The second-order valence-electron chi connectivity index (χ2n) is 5.23. The molecule has 0 aliphatic carbocycles. The number of hydrogen-bond acceptors (Lipinski definition) is 4. The molecule has 7 nitrogen and oxygen atoms in total. The molecule has 1 aliphatic rings. The van der Waals surface area contributed by atoms with Crippen LogP contribution in [0.15, 0.2) is 0 Å². The van der Waals surface area contributed by atoms with E-state index in [1.807, 2.05) is 0 Å². The SMILES string of the molecule is CC(C)C(N)C(=O)N1CCC(C(=O)O)C(C(=O)O)C1. The van der Waals surface area contributed by atoms with Crippen LogP contribution in [0.4, 0.5) is 0 Å². The molecule has 7 heteroatoms. The lowest BCUT2D eigenvalue weighted by molar-refractivity contribution is -0.159. The first-order valence-electron chi connectivity index (χ1n) is 6.25. The van der Waals surface area contributed by atoms with Crippen LogP contribution in [0.3, 0.4) is 0 Å². The number of hydrogen-bond donors (Lipinski definition) is 3. The van der Waals surface area contributed by atoms with Crippen LogP contribution in [0.5, 0.6) is 0 Å². The van der Waals surface area contributed by atoms with E-state index in [0.29, 0.717) is 0 Å². The maximum atomic E-state index is 12.0. The smallest absolute Gasteiger partial charge is 0.309 e. The zero-order chi connectivity index (χ0) is 14.7. The van der Waals surface area contributed by atoms with Crippen molar-refractivity contribution in [1.82, 2.24) is 4.90 Å². The summed E-state index contributed by atoms with van der Waals surface area (Å²) in [5, 5.41) is 18.1. The van der Waals surface area contributed by atoms with Crippen LogP contribution in [0, 0.1) is 17.8 Å². The third kappa shape index (κ3) is 3.44. The van der Waals surface area contributed by atoms with Crippen LogP contribution in [0.25, 0.3) is 0 Å². The number of nitrogens with zero attached hydrogens (tertiary/aromatic N) is 1. The van der Waals surface area contributed by atoms with E-state index >= 15 is 0 Å². The fraction of sp³-hybridized carbons (Fsp3) is 0.750. The van der Waals surface area contributed by atoms with Crippen molar-refractivity contribution in [2.24, 2.45) is 23.5 Å². The van der Waals surface area contributed by atoms with Gasteiger partial charge >= 0.3 is 11.9 Å². The summed E-state index contributed by atoms with van der Waals surface area (Å²) >= 11 is 0. The van der Waals surface area contributed by atoms with Gasteiger partial charge in [0.15, 0.2) is 0 Å². The third-order valence-corrected chi connectivity index (χ3v) is 3.56. The van der Waals surface area contributed by atoms with Gasteiger partial charge in [0.2, 0.25) is 5.91 Å². The number of nitrogens with two attached hydrogens (primary N) is 1. The molecule has 0 aromatic carbocycles. The molecule has 0 saturated carbocycles. The fourth-order valence-electron chi connectivity index (χ4n) is 2.19. The van der Waals surface area contributed by atoms with E-state index in [0.717, 1.165) is 0 Å². The average Bonchev–Trinajstić information content (AvgIpc) is 2.35. The van der Waals surface area contributed by atoms with Crippen LogP contribution in [-0.2, 0) is 14.4 Å². The van der Waals surface area contributed by atoms with Crippen molar-refractivity contribution < 1.29 is 24.6 Å². The van der Waals surface area contributed by atoms with E-state index in [9.17, 15) is 14.4 Å². The highest BCUT2D eigenvalue weighted by atomic mass is 16.4. The number of amides is 1. The van der Waals surface area contributed by atoms with Crippen molar-refractivity contribution in [2.45, 2.75) is 26.3 Å². The third-order valence-electron chi connectivity index (χ3n) is 3.56. The van der Waals surface area contributed by atoms with E-state index in [4.69, 9.17) is 15.9 Å². The Balaban J connectivity index is 2.79. The molecule has 1 amide bonds. The number of carboxylic acids is 2. The summed E-state index contributed by atoms with van der Waals surface area (Å²) in [6.07, 6.45) is 0.142. The zero-order valence-electron chi connectivity index (χ0n) is 11.1. The van der Waals surface area contributed by atoms with Crippen molar-refractivity contribution in [3.8, 4) is 0 Å². The summed E-state index contributed by atoms with van der Waals surface area (Å²) in [6, 6.07) is -0.684. The number of likely N-dealkylation sites (tertiary alicyclic amines) is 1. The maximum Gasteiger partial charge on any atom is 0.309 e. The highest BCUT2D eigenvalue weighted by molar-refractivity contribution is 5.85. The van der Waals surface area contributed by atoms with Gasteiger partial charge in [-0.1, -0.05) is 13.8 Å². The standard InChI is InChI=1S/C12H20N2O5/c1-6(2)9(13)10(15)14-4-3-7(11(16)17)8(5-14)12(18)19/h6-9H,3-5,13H2,1-2H3,(H,16,17)(H,18,19). The molecule has 1 rings (SSSR count).